The first-order chi connectivity index (χ1) is 16.0. The van der Waals surface area contributed by atoms with Gasteiger partial charge in [-0.25, -0.2) is 15.0 Å². The zero-order valence-electron chi connectivity index (χ0n) is 18.7. The Balaban J connectivity index is 0.000000293. The monoisotopic (exact) mass is 487 g/mol. The van der Waals surface area contributed by atoms with E-state index in [1.807, 2.05) is 36.6 Å². The number of ether oxygens (including phenoxy) is 1. The third-order valence-electron chi connectivity index (χ3n) is 4.12. The highest BCUT2D eigenvalue weighted by Crippen LogP contribution is 2.30. The third kappa shape index (κ3) is 7.35. The summed E-state index contributed by atoms with van der Waals surface area (Å²) in [6.07, 6.45) is 5.27. The van der Waals surface area contributed by atoms with E-state index in [0.29, 0.717) is 28.3 Å². The summed E-state index contributed by atoms with van der Waals surface area (Å²) in [6.45, 7) is 0. The minimum absolute atomic E-state index is 0.453. The highest BCUT2D eigenvalue weighted by atomic mass is 35.5. The predicted molar refractivity (Wildman–Crippen MR) is 138 cm³/mol. The maximum absolute atomic E-state index is 7.00. The molecule has 0 spiro atoms. The van der Waals surface area contributed by atoms with Gasteiger partial charge in [0.15, 0.2) is 5.65 Å². The number of nitrogens with two attached hydrogens (primary N) is 1. The smallest absolute Gasteiger partial charge is 0.224 e. The molecule has 0 aliphatic carbocycles. The summed E-state index contributed by atoms with van der Waals surface area (Å²) >= 11 is 7.10. The van der Waals surface area contributed by atoms with E-state index in [2.05, 4.69) is 30.0 Å². The van der Waals surface area contributed by atoms with Crippen LogP contribution in [0.1, 0.15) is 0 Å². The fourth-order valence-corrected chi connectivity index (χ4v) is 3.15. The zero-order valence-corrected chi connectivity index (χ0v) is 20.3. The SMILES string of the molecule is CNc1ncc2cc(-c3cccc(NSC)c3)c(N)nc2n1.CO.COc1ccc(Cl)cn1. The Labute approximate surface area is 201 Å². The summed E-state index contributed by atoms with van der Waals surface area (Å²) < 4.78 is 8.01. The number of benzene rings is 1. The second-order valence-corrected chi connectivity index (χ2v) is 7.23. The lowest BCUT2D eigenvalue weighted by atomic mass is 10.0. The number of pyridine rings is 2. The van der Waals surface area contributed by atoms with Gasteiger partial charge in [0.1, 0.15) is 5.82 Å². The van der Waals surface area contributed by atoms with Gasteiger partial charge in [0.25, 0.3) is 0 Å². The van der Waals surface area contributed by atoms with Gasteiger partial charge in [-0.15, -0.1) is 0 Å². The molecule has 0 unspecified atom stereocenters. The van der Waals surface area contributed by atoms with Crippen LogP contribution in [0.3, 0.4) is 0 Å². The number of nitrogen functional groups attached to an aromatic ring is 1. The van der Waals surface area contributed by atoms with E-state index < -0.39 is 0 Å². The van der Waals surface area contributed by atoms with Crippen LogP contribution in [0.15, 0.2) is 54.9 Å². The highest BCUT2D eigenvalue weighted by molar-refractivity contribution is 7.99. The molecule has 0 atom stereocenters. The van der Waals surface area contributed by atoms with Gasteiger partial charge in [0, 0.05) is 55.5 Å². The summed E-state index contributed by atoms with van der Waals surface area (Å²) in [5.74, 6) is 1.56. The Bertz CT molecular complexity index is 1160. The number of fused-ring (bicyclic) bond motifs is 1. The average molecular weight is 488 g/mol. The van der Waals surface area contributed by atoms with Crippen molar-refractivity contribution in [2.75, 3.05) is 43.3 Å². The van der Waals surface area contributed by atoms with Gasteiger partial charge in [-0.1, -0.05) is 35.7 Å². The summed E-state index contributed by atoms with van der Waals surface area (Å²) in [7, 11) is 4.33. The number of aliphatic hydroxyl groups is 1. The van der Waals surface area contributed by atoms with Crippen molar-refractivity contribution < 1.29 is 9.84 Å². The Morgan fingerprint density at radius 2 is 1.85 bits per heavy atom. The number of methoxy groups -OCH3 is 1. The van der Waals surface area contributed by atoms with E-state index in [1.54, 1.807) is 50.6 Å². The van der Waals surface area contributed by atoms with Crippen LogP contribution in [-0.4, -0.2) is 52.6 Å². The lowest BCUT2D eigenvalue weighted by Gasteiger charge is -2.09. The maximum Gasteiger partial charge on any atom is 0.224 e. The molecule has 1 aromatic carbocycles. The number of nitrogens with one attached hydrogen (secondary N) is 2. The Kier molecular flexibility index (Phi) is 10.4. The van der Waals surface area contributed by atoms with Crippen molar-refractivity contribution >= 4 is 52.0 Å². The van der Waals surface area contributed by atoms with Crippen LogP contribution in [0.2, 0.25) is 5.02 Å². The fourth-order valence-electron chi connectivity index (χ4n) is 2.68. The van der Waals surface area contributed by atoms with Crippen molar-refractivity contribution in [1.29, 1.82) is 0 Å². The van der Waals surface area contributed by atoms with E-state index in [0.717, 1.165) is 29.3 Å². The van der Waals surface area contributed by atoms with E-state index in [1.165, 1.54) is 0 Å². The van der Waals surface area contributed by atoms with Crippen molar-refractivity contribution in [3.63, 3.8) is 0 Å². The van der Waals surface area contributed by atoms with Crippen molar-refractivity contribution in [1.82, 2.24) is 19.9 Å². The van der Waals surface area contributed by atoms with Gasteiger partial charge in [-0.05, 0) is 29.8 Å². The van der Waals surface area contributed by atoms with Crippen LogP contribution >= 0.6 is 23.5 Å². The van der Waals surface area contributed by atoms with Gasteiger partial charge in [0.05, 0.1) is 12.1 Å². The molecule has 11 heteroatoms. The molecule has 174 valence electrons. The first-order valence-corrected chi connectivity index (χ1v) is 11.2. The molecule has 9 nitrogen and oxygen atoms in total. The molecular weight excluding hydrogens is 462 g/mol. The van der Waals surface area contributed by atoms with Crippen LogP contribution in [0.5, 0.6) is 5.88 Å². The number of hydrogen-bond acceptors (Lipinski definition) is 10. The average Bonchev–Trinajstić information content (AvgIpc) is 2.86. The molecule has 0 fully saturated rings. The largest absolute Gasteiger partial charge is 0.481 e. The molecule has 3 heterocycles. The molecule has 0 saturated carbocycles. The second kappa shape index (κ2) is 13.3. The number of hydrogen-bond donors (Lipinski definition) is 4. The van der Waals surface area contributed by atoms with Crippen molar-refractivity contribution in [3.8, 4) is 17.0 Å². The molecule has 0 aliphatic rings. The van der Waals surface area contributed by atoms with Gasteiger partial charge in [-0.3, -0.25) is 0 Å². The highest BCUT2D eigenvalue weighted by Gasteiger charge is 2.09. The van der Waals surface area contributed by atoms with E-state index in [-0.39, 0.29) is 0 Å². The molecule has 0 radical (unpaired) electrons. The van der Waals surface area contributed by atoms with Crippen LogP contribution < -0.4 is 20.5 Å². The zero-order chi connectivity index (χ0) is 24.2. The molecule has 5 N–H and O–H groups in total. The van der Waals surface area contributed by atoms with Gasteiger partial charge >= 0.3 is 0 Å². The standard InChI is InChI=1S/C15H16N6S.C6H6ClNO.CH4O/c1-17-15-18-8-10-7-12(13(16)19-14(10)20-15)9-4-3-5-11(6-9)21-22-2;1-9-6-3-2-5(7)4-8-6;1-2/h3-8,21H,1-2H3,(H3,16,17,18,19,20);2-4H,1H3;2H,1H3. The lowest BCUT2D eigenvalue weighted by molar-refractivity contribution is 0.398. The molecule has 0 amide bonds. The second-order valence-electron chi connectivity index (χ2n) is 6.18. The summed E-state index contributed by atoms with van der Waals surface area (Å²) in [6, 6.07) is 13.4. The first-order valence-electron chi connectivity index (χ1n) is 9.64. The molecular formula is C22H26ClN7O2S. The minimum Gasteiger partial charge on any atom is -0.481 e. The topological polar surface area (TPSA) is 131 Å². The lowest BCUT2D eigenvalue weighted by Crippen LogP contribution is -2.00. The maximum atomic E-state index is 7.00. The van der Waals surface area contributed by atoms with E-state index in [4.69, 9.17) is 27.2 Å². The number of aromatic nitrogens is 4. The third-order valence-corrected chi connectivity index (χ3v) is 4.79. The number of rotatable bonds is 5. The van der Waals surface area contributed by atoms with Crippen molar-refractivity contribution in [3.05, 3.63) is 59.9 Å². The molecule has 33 heavy (non-hydrogen) atoms. The molecule has 0 saturated heterocycles. The van der Waals surface area contributed by atoms with Crippen molar-refractivity contribution in [2.24, 2.45) is 0 Å². The molecule has 3 aromatic heterocycles. The number of nitrogens with zero attached hydrogens (tertiary/aromatic N) is 4. The van der Waals surface area contributed by atoms with E-state index >= 15 is 0 Å². The predicted octanol–water partition coefficient (Wildman–Crippen LogP) is 4.36. The van der Waals surface area contributed by atoms with Crippen molar-refractivity contribution in [2.45, 2.75) is 0 Å². The van der Waals surface area contributed by atoms with Crippen LogP contribution in [0, 0.1) is 0 Å². The number of aliphatic hydroxyl groups excluding tert-OH is 1. The fraction of sp³-hybridized carbons (Fsp3) is 0.182. The normalized spacial score (nSPS) is 9.76. The molecule has 4 aromatic rings. The van der Waals surface area contributed by atoms with Gasteiger partial charge in [-0.2, -0.15) is 4.98 Å². The Hall–Kier alpha value is -3.34. The minimum atomic E-state index is 0.453. The Morgan fingerprint density at radius 1 is 1.06 bits per heavy atom. The summed E-state index contributed by atoms with van der Waals surface area (Å²) in [5.41, 5.74) is 9.60. The quantitative estimate of drug-likeness (QED) is 0.301. The van der Waals surface area contributed by atoms with Gasteiger partial charge < -0.3 is 25.6 Å². The first kappa shape index (κ1) is 25.9. The molecule has 4 rings (SSSR count). The number of anilines is 3. The molecule has 0 aliphatic heterocycles. The van der Waals surface area contributed by atoms with Crippen LogP contribution in [0.25, 0.3) is 22.2 Å². The molecule has 0 bridgehead atoms. The summed E-state index contributed by atoms with van der Waals surface area (Å²) in [5, 5.41) is 11.4. The van der Waals surface area contributed by atoms with E-state index in [9.17, 15) is 0 Å². The Morgan fingerprint density at radius 3 is 2.48 bits per heavy atom. The van der Waals surface area contributed by atoms with Crippen LogP contribution in [-0.2, 0) is 0 Å². The number of halogens is 1. The summed E-state index contributed by atoms with van der Waals surface area (Å²) in [4.78, 5) is 16.8. The van der Waals surface area contributed by atoms with Crippen LogP contribution in [0.4, 0.5) is 17.5 Å². The van der Waals surface area contributed by atoms with Gasteiger partial charge in [0.2, 0.25) is 11.8 Å².